The second kappa shape index (κ2) is 7.82. The molecule has 0 amide bonds. The van der Waals surface area contributed by atoms with E-state index in [4.69, 9.17) is 0 Å². The molecule has 0 radical (unpaired) electrons. The summed E-state index contributed by atoms with van der Waals surface area (Å²) in [5.74, 6) is 1.53. The molecule has 1 aliphatic heterocycles. The van der Waals surface area contributed by atoms with Crippen molar-refractivity contribution in [3.8, 4) is 0 Å². The Hall–Kier alpha value is -2.28. The van der Waals surface area contributed by atoms with Gasteiger partial charge in [-0.1, -0.05) is 6.92 Å². The molecular formula is C16H23N7. The Kier molecular flexibility index (Phi) is 5.31. The molecule has 0 atom stereocenters. The molecule has 1 saturated heterocycles. The van der Waals surface area contributed by atoms with E-state index in [-0.39, 0.29) is 0 Å². The fourth-order valence-corrected chi connectivity index (χ4v) is 2.58. The molecular weight excluding hydrogens is 290 g/mol. The number of anilines is 2. The maximum absolute atomic E-state index is 4.36. The van der Waals surface area contributed by atoms with Gasteiger partial charge in [0, 0.05) is 69.6 Å². The van der Waals surface area contributed by atoms with Gasteiger partial charge in [0.05, 0.1) is 0 Å². The molecule has 7 heteroatoms. The first kappa shape index (κ1) is 15.6. The Labute approximate surface area is 136 Å². The number of hydrogen-bond acceptors (Lipinski definition) is 7. The highest BCUT2D eigenvalue weighted by Gasteiger charge is 2.18. The highest BCUT2D eigenvalue weighted by Crippen LogP contribution is 2.12. The van der Waals surface area contributed by atoms with Gasteiger partial charge in [0.1, 0.15) is 0 Å². The maximum atomic E-state index is 4.36. The minimum atomic E-state index is 0.710. The smallest absolute Gasteiger partial charge is 0.225 e. The van der Waals surface area contributed by atoms with Gasteiger partial charge < -0.3 is 10.2 Å². The van der Waals surface area contributed by atoms with Crippen LogP contribution < -0.4 is 10.2 Å². The average Bonchev–Trinajstić information content (AvgIpc) is 2.62. The SMILES string of the molecule is CCCNc1ncc(CN2CCN(c3ncccn3)CC2)cn1. The zero-order valence-electron chi connectivity index (χ0n) is 13.5. The van der Waals surface area contributed by atoms with Crippen LogP contribution in [0.4, 0.5) is 11.9 Å². The molecule has 0 aromatic carbocycles. The Morgan fingerprint density at radius 1 is 1.00 bits per heavy atom. The van der Waals surface area contributed by atoms with E-state index in [9.17, 15) is 0 Å². The normalized spacial score (nSPS) is 15.6. The van der Waals surface area contributed by atoms with E-state index >= 15 is 0 Å². The molecule has 0 aliphatic carbocycles. The number of nitrogens with zero attached hydrogens (tertiary/aromatic N) is 6. The fraction of sp³-hybridized carbons (Fsp3) is 0.500. The van der Waals surface area contributed by atoms with Gasteiger partial charge in [-0.3, -0.25) is 4.90 Å². The van der Waals surface area contributed by atoms with Crippen LogP contribution in [0.15, 0.2) is 30.9 Å². The lowest BCUT2D eigenvalue weighted by Gasteiger charge is -2.34. The summed E-state index contributed by atoms with van der Waals surface area (Å²) in [6, 6.07) is 1.85. The van der Waals surface area contributed by atoms with E-state index in [1.54, 1.807) is 12.4 Å². The molecule has 3 rings (SSSR count). The number of rotatable bonds is 6. The van der Waals surface area contributed by atoms with Gasteiger partial charge >= 0.3 is 0 Å². The van der Waals surface area contributed by atoms with E-state index in [1.165, 1.54) is 0 Å². The monoisotopic (exact) mass is 313 g/mol. The predicted octanol–water partition coefficient (Wildman–Crippen LogP) is 1.41. The minimum absolute atomic E-state index is 0.710. The van der Waals surface area contributed by atoms with Crippen molar-refractivity contribution in [3.05, 3.63) is 36.4 Å². The van der Waals surface area contributed by atoms with Crippen LogP contribution in [0, 0.1) is 0 Å². The van der Waals surface area contributed by atoms with Crippen molar-refractivity contribution in [2.75, 3.05) is 42.9 Å². The molecule has 0 saturated carbocycles. The van der Waals surface area contributed by atoms with Crippen LogP contribution in [0.2, 0.25) is 0 Å². The zero-order valence-corrected chi connectivity index (χ0v) is 13.5. The summed E-state index contributed by atoms with van der Waals surface area (Å²) in [5, 5.41) is 3.19. The van der Waals surface area contributed by atoms with Crippen molar-refractivity contribution in [3.63, 3.8) is 0 Å². The van der Waals surface area contributed by atoms with Crippen LogP contribution in [0.3, 0.4) is 0 Å². The van der Waals surface area contributed by atoms with E-state index in [0.29, 0.717) is 5.95 Å². The van der Waals surface area contributed by atoms with Gasteiger partial charge in [-0.15, -0.1) is 0 Å². The first-order valence-corrected chi connectivity index (χ1v) is 8.14. The molecule has 0 spiro atoms. The maximum Gasteiger partial charge on any atom is 0.225 e. The van der Waals surface area contributed by atoms with Gasteiger partial charge in [0.25, 0.3) is 0 Å². The summed E-state index contributed by atoms with van der Waals surface area (Å²) in [5.41, 5.74) is 1.15. The largest absolute Gasteiger partial charge is 0.354 e. The Morgan fingerprint density at radius 2 is 1.70 bits per heavy atom. The van der Waals surface area contributed by atoms with Crippen LogP contribution in [-0.4, -0.2) is 57.6 Å². The van der Waals surface area contributed by atoms with Crippen molar-refractivity contribution < 1.29 is 0 Å². The summed E-state index contributed by atoms with van der Waals surface area (Å²) >= 11 is 0. The van der Waals surface area contributed by atoms with Gasteiger partial charge in [-0.2, -0.15) is 0 Å². The third-order valence-corrected chi connectivity index (χ3v) is 3.85. The Morgan fingerprint density at radius 3 is 2.35 bits per heavy atom. The van der Waals surface area contributed by atoms with Gasteiger partial charge in [0.2, 0.25) is 11.9 Å². The predicted molar refractivity (Wildman–Crippen MR) is 90.3 cm³/mol. The van der Waals surface area contributed by atoms with E-state index in [1.807, 2.05) is 18.5 Å². The van der Waals surface area contributed by atoms with Crippen molar-refractivity contribution in [2.24, 2.45) is 0 Å². The minimum Gasteiger partial charge on any atom is -0.354 e. The summed E-state index contributed by atoms with van der Waals surface area (Å²) in [7, 11) is 0. The molecule has 122 valence electrons. The summed E-state index contributed by atoms with van der Waals surface area (Å²) in [4.78, 5) is 22.0. The van der Waals surface area contributed by atoms with Crippen LogP contribution >= 0.6 is 0 Å². The Balaban J connectivity index is 1.49. The van der Waals surface area contributed by atoms with Crippen molar-refractivity contribution in [2.45, 2.75) is 19.9 Å². The van der Waals surface area contributed by atoms with Crippen molar-refractivity contribution >= 4 is 11.9 Å². The molecule has 1 aliphatic rings. The number of aromatic nitrogens is 4. The second-order valence-electron chi connectivity index (χ2n) is 5.65. The molecule has 3 heterocycles. The third-order valence-electron chi connectivity index (χ3n) is 3.85. The van der Waals surface area contributed by atoms with Crippen molar-refractivity contribution in [1.29, 1.82) is 0 Å². The summed E-state index contributed by atoms with van der Waals surface area (Å²) in [6.45, 7) is 7.80. The first-order valence-electron chi connectivity index (χ1n) is 8.14. The number of piperazine rings is 1. The van der Waals surface area contributed by atoms with E-state index in [0.717, 1.165) is 57.2 Å². The molecule has 2 aromatic rings. The summed E-state index contributed by atoms with van der Waals surface area (Å²) in [6.07, 6.45) is 8.48. The third kappa shape index (κ3) is 4.35. The highest BCUT2D eigenvalue weighted by atomic mass is 15.3. The molecule has 23 heavy (non-hydrogen) atoms. The quantitative estimate of drug-likeness (QED) is 0.864. The lowest BCUT2D eigenvalue weighted by molar-refractivity contribution is 0.248. The van der Waals surface area contributed by atoms with E-state index < -0.39 is 0 Å². The highest BCUT2D eigenvalue weighted by molar-refractivity contribution is 5.29. The van der Waals surface area contributed by atoms with Crippen LogP contribution in [0.5, 0.6) is 0 Å². The zero-order chi connectivity index (χ0) is 15.9. The molecule has 0 bridgehead atoms. The molecule has 1 fully saturated rings. The van der Waals surface area contributed by atoms with Crippen LogP contribution in [0.1, 0.15) is 18.9 Å². The van der Waals surface area contributed by atoms with Crippen LogP contribution in [-0.2, 0) is 6.54 Å². The molecule has 7 nitrogen and oxygen atoms in total. The first-order chi connectivity index (χ1) is 11.3. The second-order valence-corrected chi connectivity index (χ2v) is 5.65. The topological polar surface area (TPSA) is 70.1 Å². The summed E-state index contributed by atoms with van der Waals surface area (Å²) < 4.78 is 0. The van der Waals surface area contributed by atoms with Gasteiger partial charge in [0.15, 0.2) is 0 Å². The number of nitrogens with one attached hydrogen (secondary N) is 1. The van der Waals surface area contributed by atoms with Gasteiger partial charge in [-0.25, -0.2) is 19.9 Å². The lowest BCUT2D eigenvalue weighted by atomic mass is 10.2. The Bertz CT molecular complexity index is 579. The van der Waals surface area contributed by atoms with E-state index in [2.05, 4.69) is 42.0 Å². The van der Waals surface area contributed by atoms with Crippen LogP contribution in [0.25, 0.3) is 0 Å². The standard InChI is InChI=1S/C16H23N7/c1-2-4-17-15-20-11-14(12-21-15)13-22-7-9-23(10-8-22)16-18-5-3-6-19-16/h3,5-6,11-12H,2,4,7-10,13H2,1H3,(H,17,20,21). The van der Waals surface area contributed by atoms with Gasteiger partial charge in [-0.05, 0) is 12.5 Å². The number of hydrogen-bond donors (Lipinski definition) is 1. The molecule has 2 aromatic heterocycles. The fourth-order valence-electron chi connectivity index (χ4n) is 2.58. The molecule has 0 unspecified atom stereocenters. The molecule has 1 N–H and O–H groups in total. The lowest BCUT2D eigenvalue weighted by Crippen LogP contribution is -2.46. The van der Waals surface area contributed by atoms with Crippen molar-refractivity contribution in [1.82, 2.24) is 24.8 Å². The average molecular weight is 313 g/mol.